The standard InChI is InChI=1S/C24H33FN4O/c1-16(22(30)29-18-5-3-2-4-6-18)23(26)10-12-24(27,13-11-23)20-9-14-28-21-8-7-17(25)15-19(20)21/h7-9,14-16,18H,2-6,10-13,26-27H2,1H3,(H,29,30)/t16-,23?,24?/m0/s1. The Morgan fingerprint density at radius 1 is 1.13 bits per heavy atom. The Morgan fingerprint density at radius 3 is 2.53 bits per heavy atom. The number of nitrogens with one attached hydrogen (secondary N) is 1. The molecule has 1 aromatic heterocycles. The molecular formula is C24H33FN4O. The number of nitrogens with two attached hydrogens (primary N) is 2. The summed E-state index contributed by atoms with van der Waals surface area (Å²) in [5.74, 6) is -0.502. The summed E-state index contributed by atoms with van der Waals surface area (Å²) in [5.41, 5.74) is 14.1. The minimum Gasteiger partial charge on any atom is -0.353 e. The quantitative estimate of drug-likeness (QED) is 0.710. The lowest BCUT2D eigenvalue weighted by Gasteiger charge is -2.46. The number of hydrogen-bond acceptors (Lipinski definition) is 4. The Labute approximate surface area is 177 Å². The van der Waals surface area contributed by atoms with Crippen LogP contribution in [-0.2, 0) is 10.3 Å². The van der Waals surface area contributed by atoms with Gasteiger partial charge in [0, 0.05) is 28.7 Å². The van der Waals surface area contributed by atoms with E-state index >= 15 is 0 Å². The van der Waals surface area contributed by atoms with Gasteiger partial charge in [-0.25, -0.2) is 4.39 Å². The topological polar surface area (TPSA) is 94.0 Å². The molecule has 2 fully saturated rings. The van der Waals surface area contributed by atoms with Crippen LogP contribution in [0.4, 0.5) is 4.39 Å². The first-order chi connectivity index (χ1) is 14.3. The lowest BCUT2D eigenvalue weighted by atomic mass is 9.65. The van der Waals surface area contributed by atoms with Crippen LogP contribution in [0.5, 0.6) is 0 Å². The fourth-order valence-electron chi connectivity index (χ4n) is 5.25. The summed E-state index contributed by atoms with van der Waals surface area (Å²) in [6, 6.07) is 6.79. The van der Waals surface area contributed by atoms with Crippen molar-refractivity contribution >= 4 is 16.8 Å². The van der Waals surface area contributed by atoms with Gasteiger partial charge in [-0.1, -0.05) is 26.2 Å². The average molecular weight is 413 g/mol. The second kappa shape index (κ2) is 8.23. The molecule has 2 aliphatic rings. The smallest absolute Gasteiger partial charge is 0.224 e. The molecule has 1 atom stereocenters. The van der Waals surface area contributed by atoms with Gasteiger partial charge in [-0.15, -0.1) is 0 Å². The van der Waals surface area contributed by atoms with Gasteiger partial charge in [-0.05, 0) is 68.4 Å². The molecule has 2 saturated carbocycles. The molecule has 1 heterocycles. The molecule has 0 spiro atoms. The number of benzene rings is 1. The van der Waals surface area contributed by atoms with E-state index in [1.54, 1.807) is 12.3 Å². The Balaban J connectivity index is 1.48. The molecule has 2 aliphatic carbocycles. The fourth-order valence-corrected chi connectivity index (χ4v) is 5.25. The number of fused-ring (bicyclic) bond motifs is 1. The predicted octanol–water partition coefficient (Wildman–Crippen LogP) is 3.88. The molecule has 30 heavy (non-hydrogen) atoms. The highest BCUT2D eigenvalue weighted by Crippen LogP contribution is 2.43. The maximum absolute atomic E-state index is 13.9. The van der Waals surface area contributed by atoms with E-state index in [0.29, 0.717) is 25.7 Å². The van der Waals surface area contributed by atoms with Gasteiger partial charge in [-0.2, -0.15) is 0 Å². The van der Waals surface area contributed by atoms with E-state index in [4.69, 9.17) is 11.5 Å². The predicted molar refractivity (Wildman–Crippen MR) is 117 cm³/mol. The highest BCUT2D eigenvalue weighted by molar-refractivity contribution is 5.83. The van der Waals surface area contributed by atoms with E-state index in [1.807, 2.05) is 13.0 Å². The molecule has 5 nitrogen and oxygen atoms in total. The second-order valence-corrected chi connectivity index (χ2v) is 9.47. The first-order valence-corrected chi connectivity index (χ1v) is 11.2. The molecule has 1 aromatic carbocycles. The number of halogens is 1. The lowest BCUT2D eigenvalue weighted by molar-refractivity contribution is -0.128. The van der Waals surface area contributed by atoms with Crippen LogP contribution in [0.1, 0.15) is 70.3 Å². The Morgan fingerprint density at radius 2 is 1.83 bits per heavy atom. The Bertz CT molecular complexity index is 917. The minimum absolute atomic E-state index is 0.0605. The van der Waals surface area contributed by atoms with Crippen LogP contribution in [0.2, 0.25) is 0 Å². The zero-order valence-corrected chi connectivity index (χ0v) is 17.8. The number of carbonyl (C=O) groups excluding carboxylic acids is 1. The van der Waals surface area contributed by atoms with E-state index in [0.717, 1.165) is 29.3 Å². The fraction of sp³-hybridized carbons (Fsp3) is 0.583. The summed E-state index contributed by atoms with van der Waals surface area (Å²) >= 11 is 0. The molecular weight excluding hydrogens is 379 g/mol. The maximum atomic E-state index is 13.9. The van der Waals surface area contributed by atoms with Crippen molar-refractivity contribution in [2.24, 2.45) is 17.4 Å². The highest BCUT2D eigenvalue weighted by Gasteiger charge is 2.45. The Kier molecular flexibility index (Phi) is 5.82. The van der Waals surface area contributed by atoms with Crippen LogP contribution in [0.25, 0.3) is 10.9 Å². The monoisotopic (exact) mass is 412 g/mol. The van der Waals surface area contributed by atoms with Crippen LogP contribution in [0.3, 0.4) is 0 Å². The first kappa shape index (κ1) is 21.2. The molecule has 0 aliphatic heterocycles. The lowest BCUT2D eigenvalue weighted by Crippen LogP contribution is -2.58. The minimum atomic E-state index is -0.600. The third-order valence-electron chi connectivity index (χ3n) is 7.52. The van der Waals surface area contributed by atoms with Gasteiger partial charge in [0.1, 0.15) is 5.82 Å². The molecule has 162 valence electrons. The molecule has 5 N–H and O–H groups in total. The molecule has 0 bridgehead atoms. The summed E-state index contributed by atoms with van der Waals surface area (Å²) in [5, 5.41) is 3.98. The van der Waals surface area contributed by atoms with Crippen molar-refractivity contribution < 1.29 is 9.18 Å². The van der Waals surface area contributed by atoms with Gasteiger partial charge in [0.05, 0.1) is 11.4 Å². The summed E-state index contributed by atoms with van der Waals surface area (Å²) in [4.78, 5) is 17.2. The van der Waals surface area contributed by atoms with E-state index in [9.17, 15) is 9.18 Å². The van der Waals surface area contributed by atoms with Gasteiger partial charge in [-0.3, -0.25) is 9.78 Å². The first-order valence-electron chi connectivity index (χ1n) is 11.2. The summed E-state index contributed by atoms with van der Waals surface area (Å²) in [6.45, 7) is 1.94. The molecule has 2 aromatic rings. The molecule has 1 amide bonds. The van der Waals surface area contributed by atoms with Crippen LogP contribution in [0.15, 0.2) is 30.5 Å². The molecule has 0 radical (unpaired) electrons. The third kappa shape index (κ3) is 4.08. The van der Waals surface area contributed by atoms with Crippen LogP contribution >= 0.6 is 0 Å². The SMILES string of the molecule is C[C@@H](C(=O)NC1CCCCC1)C1(N)CCC(N)(c2ccnc3ccc(F)cc23)CC1. The van der Waals surface area contributed by atoms with Crippen molar-refractivity contribution in [1.29, 1.82) is 0 Å². The van der Waals surface area contributed by atoms with Gasteiger partial charge >= 0.3 is 0 Å². The van der Waals surface area contributed by atoms with Crippen molar-refractivity contribution in [3.63, 3.8) is 0 Å². The van der Waals surface area contributed by atoms with Crippen molar-refractivity contribution in [3.8, 4) is 0 Å². The van der Waals surface area contributed by atoms with E-state index in [2.05, 4.69) is 10.3 Å². The van der Waals surface area contributed by atoms with Crippen molar-refractivity contribution in [3.05, 3.63) is 41.8 Å². The van der Waals surface area contributed by atoms with Crippen molar-refractivity contribution in [2.75, 3.05) is 0 Å². The number of rotatable bonds is 4. The zero-order chi connectivity index (χ0) is 21.4. The van der Waals surface area contributed by atoms with Crippen LogP contribution < -0.4 is 16.8 Å². The van der Waals surface area contributed by atoms with Crippen molar-refractivity contribution in [2.45, 2.75) is 81.8 Å². The van der Waals surface area contributed by atoms with Crippen LogP contribution in [-0.4, -0.2) is 22.5 Å². The third-order valence-corrected chi connectivity index (χ3v) is 7.52. The zero-order valence-electron chi connectivity index (χ0n) is 17.8. The molecule has 0 unspecified atom stereocenters. The summed E-state index contributed by atoms with van der Waals surface area (Å²) in [6.07, 6.45) is 10.1. The Hall–Kier alpha value is -2.05. The number of carbonyl (C=O) groups is 1. The number of hydrogen-bond donors (Lipinski definition) is 3. The highest BCUT2D eigenvalue weighted by atomic mass is 19.1. The molecule has 0 saturated heterocycles. The maximum Gasteiger partial charge on any atom is 0.224 e. The van der Waals surface area contributed by atoms with Crippen molar-refractivity contribution in [1.82, 2.24) is 10.3 Å². The van der Waals surface area contributed by atoms with Gasteiger partial charge in [0.2, 0.25) is 5.91 Å². The van der Waals surface area contributed by atoms with Gasteiger partial charge in [0.25, 0.3) is 0 Å². The van der Waals surface area contributed by atoms with E-state index in [-0.39, 0.29) is 23.7 Å². The van der Waals surface area contributed by atoms with Crippen LogP contribution in [0, 0.1) is 11.7 Å². The number of pyridine rings is 1. The molecule has 4 rings (SSSR count). The molecule has 6 heteroatoms. The summed E-state index contributed by atoms with van der Waals surface area (Å²) in [7, 11) is 0. The van der Waals surface area contributed by atoms with E-state index < -0.39 is 11.1 Å². The average Bonchev–Trinajstić information content (AvgIpc) is 2.75. The second-order valence-electron chi connectivity index (χ2n) is 9.47. The number of nitrogens with zero attached hydrogens (tertiary/aromatic N) is 1. The summed E-state index contributed by atoms with van der Waals surface area (Å²) < 4.78 is 13.9. The van der Waals surface area contributed by atoms with Gasteiger partial charge < -0.3 is 16.8 Å². The normalized spacial score (nSPS) is 28.9. The van der Waals surface area contributed by atoms with Gasteiger partial charge in [0.15, 0.2) is 0 Å². The largest absolute Gasteiger partial charge is 0.353 e. The van der Waals surface area contributed by atoms with E-state index in [1.165, 1.54) is 31.4 Å². The number of amides is 1. The number of aromatic nitrogens is 1.